The Kier molecular flexibility index (Phi) is 3.94. The van der Waals surface area contributed by atoms with Crippen molar-refractivity contribution in [1.29, 1.82) is 0 Å². The molecule has 5 heteroatoms. The van der Waals surface area contributed by atoms with Gasteiger partial charge in [-0.25, -0.2) is 0 Å². The van der Waals surface area contributed by atoms with Crippen LogP contribution in [0.15, 0.2) is 4.99 Å². The predicted molar refractivity (Wildman–Crippen MR) is 60.2 cm³/mol. The Morgan fingerprint density at radius 3 is 2.27 bits per heavy atom. The number of carbonyl (C=O) groups is 1. The van der Waals surface area contributed by atoms with Crippen LogP contribution in [0.25, 0.3) is 0 Å². The predicted octanol–water partition coefficient (Wildman–Crippen LogP) is -0.0932. The maximum absolute atomic E-state index is 11.0. The second-order valence-electron chi connectivity index (χ2n) is 4.24. The van der Waals surface area contributed by atoms with Crippen molar-refractivity contribution in [3.8, 4) is 0 Å². The first-order valence-corrected chi connectivity index (χ1v) is 5.38. The quantitative estimate of drug-likeness (QED) is 0.495. The average Bonchev–Trinajstić information content (AvgIpc) is 2.17. The molecule has 0 unspecified atom stereocenters. The number of likely N-dealkylation sites (tertiary alicyclic amines) is 1. The number of piperidine rings is 1. The molecular formula is C10H20N4O. The Labute approximate surface area is 90.5 Å². The van der Waals surface area contributed by atoms with Gasteiger partial charge in [0.15, 0.2) is 5.96 Å². The standard InChI is InChI=1S/C10H20N4O/c1-7(2)13-10(12)14-5-3-8(4-6-14)9(11)15/h7-8H,3-6H2,1-2H3,(H2,11,15)(H2,12,13). The largest absolute Gasteiger partial charge is 0.370 e. The summed E-state index contributed by atoms with van der Waals surface area (Å²) in [7, 11) is 0. The van der Waals surface area contributed by atoms with E-state index < -0.39 is 0 Å². The van der Waals surface area contributed by atoms with E-state index in [1.54, 1.807) is 0 Å². The molecule has 0 radical (unpaired) electrons. The number of rotatable bonds is 2. The van der Waals surface area contributed by atoms with Crippen molar-refractivity contribution in [3.05, 3.63) is 0 Å². The lowest BCUT2D eigenvalue weighted by Crippen LogP contribution is -2.45. The van der Waals surface area contributed by atoms with Gasteiger partial charge < -0.3 is 16.4 Å². The number of guanidine groups is 1. The molecule has 5 nitrogen and oxygen atoms in total. The van der Waals surface area contributed by atoms with E-state index in [0.717, 1.165) is 25.9 Å². The van der Waals surface area contributed by atoms with Crippen LogP contribution in [0, 0.1) is 5.92 Å². The molecular weight excluding hydrogens is 192 g/mol. The van der Waals surface area contributed by atoms with Gasteiger partial charge in [-0.1, -0.05) is 0 Å². The van der Waals surface area contributed by atoms with Gasteiger partial charge in [0, 0.05) is 25.0 Å². The van der Waals surface area contributed by atoms with E-state index in [9.17, 15) is 4.79 Å². The number of primary amides is 1. The molecule has 1 aliphatic heterocycles. The fraction of sp³-hybridized carbons (Fsp3) is 0.800. The number of nitrogens with zero attached hydrogens (tertiary/aromatic N) is 2. The van der Waals surface area contributed by atoms with Crippen molar-refractivity contribution in [3.63, 3.8) is 0 Å². The third-order valence-corrected chi connectivity index (χ3v) is 2.61. The summed E-state index contributed by atoms with van der Waals surface area (Å²) in [5, 5.41) is 0. The molecule has 0 aromatic rings. The van der Waals surface area contributed by atoms with Crippen molar-refractivity contribution in [2.75, 3.05) is 13.1 Å². The smallest absolute Gasteiger partial charge is 0.220 e. The molecule has 1 fully saturated rings. The van der Waals surface area contributed by atoms with Crippen LogP contribution < -0.4 is 11.5 Å². The van der Waals surface area contributed by atoms with Crippen LogP contribution in [0.2, 0.25) is 0 Å². The molecule has 15 heavy (non-hydrogen) atoms. The minimum Gasteiger partial charge on any atom is -0.370 e. The summed E-state index contributed by atoms with van der Waals surface area (Å²) >= 11 is 0. The first-order valence-electron chi connectivity index (χ1n) is 5.38. The lowest BCUT2D eigenvalue weighted by atomic mass is 9.96. The second kappa shape index (κ2) is 5.00. The van der Waals surface area contributed by atoms with Gasteiger partial charge in [0.25, 0.3) is 0 Å². The van der Waals surface area contributed by atoms with Crippen molar-refractivity contribution in [2.45, 2.75) is 32.7 Å². The first-order chi connectivity index (χ1) is 7.00. The van der Waals surface area contributed by atoms with Gasteiger partial charge in [0.2, 0.25) is 5.91 Å². The summed E-state index contributed by atoms with van der Waals surface area (Å²) in [5.74, 6) is 0.384. The maximum Gasteiger partial charge on any atom is 0.220 e. The molecule has 0 aromatic heterocycles. The number of amides is 1. The minimum atomic E-state index is -0.200. The lowest BCUT2D eigenvalue weighted by molar-refractivity contribution is -0.122. The zero-order valence-corrected chi connectivity index (χ0v) is 9.44. The maximum atomic E-state index is 11.0. The molecule has 1 amide bonds. The fourth-order valence-corrected chi connectivity index (χ4v) is 1.74. The number of carbonyl (C=O) groups excluding carboxylic acids is 1. The molecule has 86 valence electrons. The minimum absolute atomic E-state index is 0.00750. The zero-order chi connectivity index (χ0) is 11.4. The normalized spacial score (nSPS) is 19.7. The third-order valence-electron chi connectivity index (χ3n) is 2.61. The van der Waals surface area contributed by atoms with Gasteiger partial charge in [0.05, 0.1) is 0 Å². The Balaban J connectivity index is 2.47. The summed E-state index contributed by atoms with van der Waals surface area (Å²) < 4.78 is 0. The number of nitrogens with two attached hydrogens (primary N) is 2. The van der Waals surface area contributed by atoms with E-state index in [1.165, 1.54) is 0 Å². The van der Waals surface area contributed by atoms with Gasteiger partial charge >= 0.3 is 0 Å². The van der Waals surface area contributed by atoms with E-state index in [2.05, 4.69) is 4.99 Å². The summed E-state index contributed by atoms with van der Waals surface area (Å²) in [6.07, 6.45) is 1.56. The highest BCUT2D eigenvalue weighted by atomic mass is 16.1. The van der Waals surface area contributed by atoms with Gasteiger partial charge in [0.1, 0.15) is 0 Å². The van der Waals surface area contributed by atoms with Crippen molar-refractivity contribution in [2.24, 2.45) is 22.4 Å². The molecule has 0 atom stereocenters. The van der Waals surface area contributed by atoms with E-state index in [4.69, 9.17) is 11.5 Å². The van der Waals surface area contributed by atoms with Crippen LogP contribution in [0.3, 0.4) is 0 Å². The molecule has 1 saturated heterocycles. The second-order valence-corrected chi connectivity index (χ2v) is 4.24. The van der Waals surface area contributed by atoms with E-state index in [0.29, 0.717) is 5.96 Å². The lowest BCUT2D eigenvalue weighted by Gasteiger charge is -2.31. The van der Waals surface area contributed by atoms with Gasteiger partial charge in [-0.2, -0.15) is 0 Å². The molecule has 1 rings (SSSR count). The molecule has 0 saturated carbocycles. The molecule has 1 aliphatic rings. The SMILES string of the molecule is CC(C)N=C(N)N1CCC(C(N)=O)CC1. The van der Waals surface area contributed by atoms with E-state index >= 15 is 0 Å². The van der Waals surface area contributed by atoms with E-state index in [-0.39, 0.29) is 17.9 Å². The highest BCUT2D eigenvalue weighted by Crippen LogP contribution is 2.16. The monoisotopic (exact) mass is 212 g/mol. The van der Waals surface area contributed by atoms with Crippen LogP contribution in [0.5, 0.6) is 0 Å². The van der Waals surface area contributed by atoms with Crippen LogP contribution in [-0.2, 0) is 4.79 Å². The molecule has 0 aliphatic carbocycles. The summed E-state index contributed by atoms with van der Waals surface area (Å²) in [6, 6.07) is 0.207. The van der Waals surface area contributed by atoms with Crippen LogP contribution in [0.4, 0.5) is 0 Å². The molecule has 0 bridgehead atoms. The highest BCUT2D eigenvalue weighted by Gasteiger charge is 2.23. The average molecular weight is 212 g/mol. The van der Waals surface area contributed by atoms with Gasteiger partial charge in [-0.05, 0) is 26.7 Å². The first kappa shape index (κ1) is 11.8. The Bertz CT molecular complexity index is 254. The fourth-order valence-electron chi connectivity index (χ4n) is 1.74. The zero-order valence-electron chi connectivity index (χ0n) is 9.44. The number of hydrogen-bond acceptors (Lipinski definition) is 2. The molecule has 4 N–H and O–H groups in total. The van der Waals surface area contributed by atoms with Crippen molar-refractivity contribution in [1.82, 2.24) is 4.90 Å². The van der Waals surface area contributed by atoms with Gasteiger partial charge in [-0.15, -0.1) is 0 Å². The van der Waals surface area contributed by atoms with Gasteiger partial charge in [-0.3, -0.25) is 9.79 Å². The Morgan fingerprint density at radius 2 is 1.87 bits per heavy atom. The summed E-state index contributed by atoms with van der Waals surface area (Å²) in [5.41, 5.74) is 11.1. The highest BCUT2D eigenvalue weighted by molar-refractivity contribution is 5.80. The third kappa shape index (κ3) is 3.42. The summed E-state index contributed by atoms with van der Waals surface area (Å²) in [6.45, 7) is 5.53. The van der Waals surface area contributed by atoms with Crippen LogP contribution in [-0.4, -0.2) is 35.9 Å². The van der Waals surface area contributed by atoms with Crippen molar-refractivity contribution >= 4 is 11.9 Å². The number of aliphatic imine (C=N–C) groups is 1. The van der Waals surface area contributed by atoms with Crippen LogP contribution >= 0.6 is 0 Å². The number of hydrogen-bond donors (Lipinski definition) is 2. The molecule has 1 heterocycles. The van der Waals surface area contributed by atoms with Crippen molar-refractivity contribution < 1.29 is 4.79 Å². The molecule has 0 spiro atoms. The van der Waals surface area contributed by atoms with E-state index in [1.807, 2.05) is 18.7 Å². The Morgan fingerprint density at radius 1 is 1.33 bits per heavy atom. The summed E-state index contributed by atoms with van der Waals surface area (Å²) in [4.78, 5) is 17.2. The van der Waals surface area contributed by atoms with Crippen LogP contribution in [0.1, 0.15) is 26.7 Å². The Hall–Kier alpha value is -1.26. The topological polar surface area (TPSA) is 84.7 Å². The molecule has 0 aromatic carbocycles.